The predicted molar refractivity (Wildman–Crippen MR) is 123 cm³/mol. The molecule has 1 aliphatic heterocycles. The maximum atomic E-state index is 5.68. The molecule has 0 atom stereocenters. The van der Waals surface area contributed by atoms with E-state index in [1.54, 1.807) is 14.2 Å². The van der Waals surface area contributed by atoms with Gasteiger partial charge in [0.05, 0.1) is 27.4 Å². The molecule has 1 fully saturated rings. The first kappa shape index (κ1) is 24.1. The third kappa shape index (κ3) is 7.94. The van der Waals surface area contributed by atoms with Gasteiger partial charge < -0.3 is 29.7 Å². The molecule has 7 nitrogen and oxygen atoms in total. The standard InChI is InChI=1S/C23H40N4O3/c1-5-24-23(25-12-11-15-27-13-9-7-8-10-14-27)26-18-19-16-20(28-3)22(30-6-2)21(17-19)29-4/h16-17H,5-15,18H2,1-4H3,(H2,24,25,26). The second kappa shape index (κ2) is 14.0. The molecule has 1 aromatic carbocycles. The van der Waals surface area contributed by atoms with Crippen molar-refractivity contribution in [2.75, 3.05) is 53.6 Å². The van der Waals surface area contributed by atoms with Gasteiger partial charge in [0.2, 0.25) is 5.75 Å². The zero-order chi connectivity index (χ0) is 21.6. The Morgan fingerprint density at radius 1 is 1.00 bits per heavy atom. The molecule has 0 radical (unpaired) electrons. The Kier molecular flexibility index (Phi) is 11.2. The summed E-state index contributed by atoms with van der Waals surface area (Å²) in [5, 5.41) is 6.79. The van der Waals surface area contributed by atoms with E-state index >= 15 is 0 Å². The Bertz CT molecular complexity index is 618. The lowest BCUT2D eigenvalue weighted by atomic mass is 10.2. The number of rotatable bonds is 11. The second-order valence-electron chi connectivity index (χ2n) is 7.49. The average molecular weight is 421 g/mol. The van der Waals surface area contributed by atoms with Crippen LogP contribution < -0.4 is 24.8 Å². The number of nitrogens with zero attached hydrogens (tertiary/aromatic N) is 2. The molecule has 0 unspecified atom stereocenters. The van der Waals surface area contributed by atoms with Crippen molar-refractivity contribution in [3.8, 4) is 17.2 Å². The van der Waals surface area contributed by atoms with Crippen LogP contribution in [0.5, 0.6) is 17.2 Å². The number of benzene rings is 1. The Morgan fingerprint density at radius 3 is 2.23 bits per heavy atom. The van der Waals surface area contributed by atoms with E-state index in [2.05, 4.69) is 22.5 Å². The van der Waals surface area contributed by atoms with Crippen LogP contribution in [0.15, 0.2) is 17.1 Å². The molecule has 0 spiro atoms. The molecule has 0 amide bonds. The molecule has 30 heavy (non-hydrogen) atoms. The van der Waals surface area contributed by atoms with Crippen LogP contribution in [-0.2, 0) is 6.54 Å². The summed E-state index contributed by atoms with van der Waals surface area (Å²) in [6.07, 6.45) is 6.56. The maximum absolute atomic E-state index is 5.68. The molecule has 0 aromatic heterocycles. The molecule has 0 bridgehead atoms. The normalized spacial score (nSPS) is 15.4. The SMILES string of the molecule is CCNC(=NCc1cc(OC)c(OCC)c(OC)c1)NCCCN1CCCCCC1. The first-order valence-electron chi connectivity index (χ1n) is 11.3. The first-order valence-corrected chi connectivity index (χ1v) is 11.3. The maximum Gasteiger partial charge on any atom is 0.203 e. The Hall–Kier alpha value is -2.15. The minimum Gasteiger partial charge on any atom is -0.493 e. The molecule has 1 saturated heterocycles. The summed E-state index contributed by atoms with van der Waals surface area (Å²) >= 11 is 0. The van der Waals surface area contributed by atoms with E-state index in [9.17, 15) is 0 Å². The molecular weight excluding hydrogens is 380 g/mol. The number of guanidine groups is 1. The summed E-state index contributed by atoms with van der Waals surface area (Å²) in [5.74, 6) is 2.79. The molecule has 0 saturated carbocycles. The van der Waals surface area contributed by atoms with Gasteiger partial charge >= 0.3 is 0 Å². The van der Waals surface area contributed by atoms with Gasteiger partial charge in [-0.3, -0.25) is 0 Å². The smallest absolute Gasteiger partial charge is 0.203 e. The highest BCUT2D eigenvalue weighted by atomic mass is 16.5. The molecule has 2 rings (SSSR count). The van der Waals surface area contributed by atoms with Gasteiger partial charge in [-0.25, -0.2) is 4.99 Å². The van der Waals surface area contributed by atoms with Crippen LogP contribution >= 0.6 is 0 Å². The molecule has 1 aliphatic rings. The molecular formula is C23H40N4O3. The summed E-state index contributed by atoms with van der Waals surface area (Å²) in [6, 6.07) is 3.92. The Labute approximate surface area is 182 Å². The fourth-order valence-corrected chi connectivity index (χ4v) is 3.69. The van der Waals surface area contributed by atoms with Crippen molar-refractivity contribution in [2.24, 2.45) is 4.99 Å². The number of aliphatic imine (C=N–C) groups is 1. The van der Waals surface area contributed by atoms with E-state index in [1.807, 2.05) is 19.1 Å². The third-order valence-electron chi connectivity index (χ3n) is 5.22. The predicted octanol–water partition coefficient (Wildman–Crippen LogP) is 3.42. The van der Waals surface area contributed by atoms with Crippen LogP contribution in [0.3, 0.4) is 0 Å². The highest BCUT2D eigenvalue weighted by Crippen LogP contribution is 2.38. The van der Waals surface area contributed by atoms with Crippen molar-refractivity contribution >= 4 is 5.96 Å². The highest BCUT2D eigenvalue weighted by Gasteiger charge is 2.14. The summed E-state index contributed by atoms with van der Waals surface area (Å²) in [4.78, 5) is 7.33. The fourth-order valence-electron chi connectivity index (χ4n) is 3.69. The Balaban J connectivity index is 1.92. The van der Waals surface area contributed by atoms with Gasteiger partial charge in [0.25, 0.3) is 0 Å². The minimum absolute atomic E-state index is 0.528. The molecule has 0 aliphatic carbocycles. The number of hydrogen-bond acceptors (Lipinski definition) is 5. The van der Waals surface area contributed by atoms with E-state index in [1.165, 1.54) is 38.8 Å². The number of methoxy groups -OCH3 is 2. The van der Waals surface area contributed by atoms with Crippen LogP contribution in [0, 0.1) is 0 Å². The number of hydrogen-bond donors (Lipinski definition) is 2. The van der Waals surface area contributed by atoms with E-state index in [0.717, 1.165) is 37.6 Å². The number of likely N-dealkylation sites (tertiary alicyclic amines) is 1. The van der Waals surface area contributed by atoms with E-state index in [-0.39, 0.29) is 0 Å². The van der Waals surface area contributed by atoms with Crippen LogP contribution in [0.25, 0.3) is 0 Å². The fraction of sp³-hybridized carbons (Fsp3) is 0.696. The van der Waals surface area contributed by atoms with Gasteiger partial charge in [0.15, 0.2) is 17.5 Å². The summed E-state index contributed by atoms with van der Waals surface area (Å²) in [6.45, 7) is 10.5. The van der Waals surface area contributed by atoms with Gasteiger partial charge in [-0.2, -0.15) is 0 Å². The highest BCUT2D eigenvalue weighted by molar-refractivity contribution is 5.79. The van der Waals surface area contributed by atoms with Crippen molar-refractivity contribution in [3.05, 3.63) is 17.7 Å². The van der Waals surface area contributed by atoms with Gasteiger partial charge in [-0.1, -0.05) is 12.8 Å². The van der Waals surface area contributed by atoms with Crippen molar-refractivity contribution in [1.29, 1.82) is 0 Å². The lowest BCUT2D eigenvalue weighted by Gasteiger charge is -2.20. The largest absolute Gasteiger partial charge is 0.493 e. The van der Waals surface area contributed by atoms with Crippen LogP contribution in [0.4, 0.5) is 0 Å². The quantitative estimate of drug-likeness (QED) is 0.325. The minimum atomic E-state index is 0.528. The van der Waals surface area contributed by atoms with Crippen molar-refractivity contribution in [2.45, 2.75) is 52.5 Å². The summed E-state index contributed by atoms with van der Waals surface area (Å²) in [7, 11) is 3.28. The molecule has 1 aromatic rings. The van der Waals surface area contributed by atoms with Crippen LogP contribution in [0.1, 0.15) is 51.5 Å². The molecule has 170 valence electrons. The van der Waals surface area contributed by atoms with E-state index in [0.29, 0.717) is 30.4 Å². The number of nitrogens with one attached hydrogen (secondary N) is 2. The zero-order valence-electron chi connectivity index (χ0n) is 19.3. The van der Waals surface area contributed by atoms with E-state index < -0.39 is 0 Å². The monoisotopic (exact) mass is 420 g/mol. The van der Waals surface area contributed by atoms with Crippen molar-refractivity contribution in [1.82, 2.24) is 15.5 Å². The third-order valence-corrected chi connectivity index (χ3v) is 5.22. The van der Waals surface area contributed by atoms with Gasteiger partial charge in [0.1, 0.15) is 0 Å². The first-order chi connectivity index (χ1) is 14.7. The lowest BCUT2D eigenvalue weighted by Crippen LogP contribution is -2.39. The summed E-state index contributed by atoms with van der Waals surface area (Å²) < 4.78 is 16.7. The van der Waals surface area contributed by atoms with Crippen molar-refractivity contribution in [3.63, 3.8) is 0 Å². The second-order valence-corrected chi connectivity index (χ2v) is 7.49. The van der Waals surface area contributed by atoms with Crippen LogP contribution in [-0.4, -0.2) is 64.4 Å². The van der Waals surface area contributed by atoms with Gasteiger partial charge in [-0.15, -0.1) is 0 Å². The summed E-state index contributed by atoms with van der Waals surface area (Å²) in [5.41, 5.74) is 1.01. The zero-order valence-corrected chi connectivity index (χ0v) is 19.3. The molecule has 7 heteroatoms. The number of ether oxygens (including phenoxy) is 3. The van der Waals surface area contributed by atoms with Gasteiger partial charge in [0, 0.05) is 13.1 Å². The van der Waals surface area contributed by atoms with Crippen LogP contribution in [0.2, 0.25) is 0 Å². The Morgan fingerprint density at radius 2 is 1.67 bits per heavy atom. The topological polar surface area (TPSA) is 67.4 Å². The molecule has 1 heterocycles. The van der Waals surface area contributed by atoms with E-state index in [4.69, 9.17) is 19.2 Å². The van der Waals surface area contributed by atoms with Crippen molar-refractivity contribution < 1.29 is 14.2 Å². The average Bonchev–Trinajstić information content (AvgIpc) is 3.04. The van der Waals surface area contributed by atoms with Gasteiger partial charge in [-0.05, 0) is 70.4 Å². The lowest BCUT2D eigenvalue weighted by molar-refractivity contribution is 0.282. The molecule has 2 N–H and O–H groups in total.